The first-order chi connectivity index (χ1) is 14.9. The summed E-state index contributed by atoms with van der Waals surface area (Å²) in [5.74, 6) is -1.54. The second kappa shape index (κ2) is 8.13. The Morgan fingerprint density at radius 3 is 2.55 bits per heavy atom. The van der Waals surface area contributed by atoms with Crippen LogP contribution in [0, 0.1) is 0 Å². The first-order valence-corrected chi connectivity index (χ1v) is 11.8. The Labute approximate surface area is 185 Å². The molecular formula is C23H27F2N3O2S. The van der Waals surface area contributed by atoms with Gasteiger partial charge in [-0.2, -0.15) is 0 Å². The van der Waals surface area contributed by atoms with Crippen LogP contribution < -0.4 is 4.74 Å². The molecule has 0 spiro atoms. The predicted octanol–water partition coefficient (Wildman–Crippen LogP) is 4.36. The Morgan fingerprint density at radius 2 is 1.87 bits per heavy atom. The van der Waals surface area contributed by atoms with Crippen LogP contribution in [-0.4, -0.2) is 58.4 Å². The van der Waals surface area contributed by atoms with Gasteiger partial charge in [-0.3, -0.25) is 9.69 Å². The van der Waals surface area contributed by atoms with E-state index in [1.165, 1.54) is 4.88 Å². The third-order valence-corrected chi connectivity index (χ3v) is 7.83. The number of hydrogen-bond donors (Lipinski definition) is 0. The van der Waals surface area contributed by atoms with Crippen molar-refractivity contribution in [3.63, 3.8) is 0 Å². The highest BCUT2D eigenvalue weighted by atomic mass is 32.1. The summed E-state index contributed by atoms with van der Waals surface area (Å²) in [6.07, 6.45) is 2.72. The normalized spacial score (nSPS) is 25.6. The first kappa shape index (κ1) is 20.8. The molecule has 2 aliphatic heterocycles. The highest BCUT2D eigenvalue weighted by Crippen LogP contribution is 2.36. The third kappa shape index (κ3) is 4.46. The average Bonchev–Trinajstić information content (AvgIpc) is 3.14. The molecular weight excluding hydrogens is 420 g/mol. The van der Waals surface area contributed by atoms with Gasteiger partial charge in [-0.15, -0.1) is 11.3 Å². The van der Waals surface area contributed by atoms with Crippen LogP contribution in [0.2, 0.25) is 0 Å². The fraction of sp³-hybridized carbons (Fsp3) is 0.565. The Hall–Kier alpha value is -2.06. The van der Waals surface area contributed by atoms with Crippen molar-refractivity contribution in [3.05, 3.63) is 34.8 Å². The van der Waals surface area contributed by atoms with Crippen LogP contribution >= 0.6 is 11.3 Å². The number of likely N-dealkylation sites (tertiary alicyclic amines) is 1. The number of hydrogen-bond acceptors (Lipinski definition) is 5. The van der Waals surface area contributed by atoms with Crippen LogP contribution in [0.25, 0.3) is 10.6 Å². The standard InChI is InChI=1S/C23H27F2N3O2S/c1-15(29)28-9-6-20-21(14-28)31-22(26-20)16-2-4-18(5-3-16)30-19-12-17(13-19)27-10-7-23(24,25)8-11-27/h2-5,17,19H,6-14H2,1H3/t17-,19-. The van der Waals surface area contributed by atoms with E-state index in [0.29, 0.717) is 25.7 Å². The third-order valence-electron chi connectivity index (χ3n) is 6.70. The van der Waals surface area contributed by atoms with E-state index in [1.807, 2.05) is 29.2 Å². The zero-order valence-electron chi connectivity index (χ0n) is 17.7. The summed E-state index contributed by atoms with van der Waals surface area (Å²) < 4.78 is 32.7. The zero-order chi connectivity index (χ0) is 21.6. The SMILES string of the molecule is CC(=O)N1CCc2nc(-c3ccc(O[C@H]4C[C@H](N5CCC(F)(F)CC5)C4)cc3)sc2C1. The number of carbonyl (C=O) groups excluding carboxylic acids is 1. The minimum atomic E-state index is -2.48. The van der Waals surface area contributed by atoms with Crippen molar-refractivity contribution < 1.29 is 18.3 Å². The smallest absolute Gasteiger partial charge is 0.250 e. The van der Waals surface area contributed by atoms with Crippen LogP contribution in [0.1, 0.15) is 43.2 Å². The zero-order valence-corrected chi connectivity index (χ0v) is 18.5. The van der Waals surface area contributed by atoms with Gasteiger partial charge >= 0.3 is 0 Å². The van der Waals surface area contributed by atoms with E-state index in [1.54, 1.807) is 18.3 Å². The van der Waals surface area contributed by atoms with Gasteiger partial charge in [0.15, 0.2) is 0 Å². The lowest BCUT2D eigenvalue weighted by Crippen LogP contribution is -2.53. The summed E-state index contributed by atoms with van der Waals surface area (Å²) in [4.78, 5) is 21.7. The average molecular weight is 448 g/mol. The van der Waals surface area contributed by atoms with E-state index in [0.717, 1.165) is 47.8 Å². The fourth-order valence-electron chi connectivity index (χ4n) is 4.60. The van der Waals surface area contributed by atoms with Gasteiger partial charge in [0.25, 0.3) is 5.92 Å². The van der Waals surface area contributed by atoms with Crippen molar-refractivity contribution in [2.24, 2.45) is 0 Å². The largest absolute Gasteiger partial charge is 0.490 e. The van der Waals surface area contributed by atoms with E-state index >= 15 is 0 Å². The van der Waals surface area contributed by atoms with E-state index in [4.69, 9.17) is 9.72 Å². The Kier molecular flexibility index (Phi) is 5.46. The van der Waals surface area contributed by atoms with Crippen LogP contribution in [0.15, 0.2) is 24.3 Å². The first-order valence-electron chi connectivity index (χ1n) is 11.0. The maximum Gasteiger partial charge on any atom is 0.250 e. The van der Waals surface area contributed by atoms with Gasteiger partial charge in [-0.1, -0.05) is 0 Å². The van der Waals surface area contributed by atoms with E-state index in [2.05, 4.69) is 4.90 Å². The number of benzene rings is 1. The van der Waals surface area contributed by atoms with Crippen molar-refractivity contribution in [3.8, 4) is 16.3 Å². The van der Waals surface area contributed by atoms with Crippen LogP contribution in [-0.2, 0) is 17.8 Å². The van der Waals surface area contributed by atoms with E-state index < -0.39 is 5.92 Å². The molecule has 0 N–H and O–H groups in total. The number of piperidine rings is 1. The number of amides is 1. The second-order valence-electron chi connectivity index (χ2n) is 8.86. The molecule has 0 radical (unpaired) electrons. The molecule has 1 saturated heterocycles. The van der Waals surface area contributed by atoms with Crippen molar-refractivity contribution >= 4 is 17.2 Å². The molecule has 1 amide bonds. The number of fused-ring (bicyclic) bond motifs is 1. The molecule has 0 atom stereocenters. The molecule has 0 bridgehead atoms. The number of aromatic nitrogens is 1. The second-order valence-corrected chi connectivity index (χ2v) is 9.94. The monoisotopic (exact) mass is 447 g/mol. The minimum absolute atomic E-state index is 0.0244. The van der Waals surface area contributed by atoms with Gasteiger partial charge in [0, 0.05) is 75.1 Å². The van der Waals surface area contributed by atoms with Gasteiger partial charge in [0.1, 0.15) is 16.9 Å². The molecule has 3 aliphatic rings. The van der Waals surface area contributed by atoms with Crippen molar-refractivity contribution in [1.82, 2.24) is 14.8 Å². The number of carbonyl (C=O) groups is 1. The molecule has 3 heterocycles. The van der Waals surface area contributed by atoms with Crippen molar-refractivity contribution in [2.75, 3.05) is 19.6 Å². The Morgan fingerprint density at radius 1 is 1.16 bits per heavy atom. The summed E-state index contributed by atoms with van der Waals surface area (Å²) in [5, 5.41) is 0.979. The Balaban J connectivity index is 1.15. The quantitative estimate of drug-likeness (QED) is 0.699. The number of nitrogens with zero attached hydrogens (tertiary/aromatic N) is 3. The topological polar surface area (TPSA) is 45.7 Å². The summed E-state index contributed by atoms with van der Waals surface area (Å²) in [6.45, 7) is 3.98. The number of thiazole rings is 1. The lowest BCUT2D eigenvalue weighted by Gasteiger charge is -2.45. The summed E-state index contributed by atoms with van der Waals surface area (Å²) in [5.41, 5.74) is 2.16. The molecule has 1 aromatic heterocycles. The number of alkyl halides is 2. The van der Waals surface area contributed by atoms with E-state index in [9.17, 15) is 13.6 Å². The summed E-state index contributed by atoms with van der Waals surface area (Å²) in [6, 6.07) is 8.39. The van der Waals surface area contributed by atoms with Crippen molar-refractivity contribution in [2.45, 2.75) is 63.6 Å². The number of rotatable bonds is 4. The molecule has 0 unspecified atom stereocenters. The van der Waals surface area contributed by atoms with Gasteiger partial charge in [-0.05, 0) is 24.3 Å². The number of halogens is 2. The maximum absolute atomic E-state index is 13.3. The number of ether oxygens (including phenoxy) is 1. The van der Waals surface area contributed by atoms with Gasteiger partial charge in [0.05, 0.1) is 12.2 Å². The lowest BCUT2D eigenvalue weighted by atomic mass is 9.86. The molecule has 2 aromatic rings. The molecule has 1 aromatic carbocycles. The minimum Gasteiger partial charge on any atom is -0.490 e. The molecule has 31 heavy (non-hydrogen) atoms. The molecule has 5 rings (SSSR count). The Bertz CT molecular complexity index is 946. The van der Waals surface area contributed by atoms with Crippen LogP contribution in [0.3, 0.4) is 0 Å². The predicted molar refractivity (Wildman–Crippen MR) is 116 cm³/mol. The van der Waals surface area contributed by atoms with Gasteiger partial charge < -0.3 is 9.64 Å². The van der Waals surface area contributed by atoms with Crippen LogP contribution in [0.5, 0.6) is 5.75 Å². The molecule has 166 valence electrons. The molecule has 1 aliphatic carbocycles. The molecule has 1 saturated carbocycles. The van der Waals surface area contributed by atoms with E-state index in [-0.39, 0.29) is 24.9 Å². The van der Waals surface area contributed by atoms with Gasteiger partial charge in [0.2, 0.25) is 5.91 Å². The van der Waals surface area contributed by atoms with Gasteiger partial charge in [-0.25, -0.2) is 13.8 Å². The summed E-state index contributed by atoms with van der Waals surface area (Å²) >= 11 is 1.66. The molecule has 2 fully saturated rings. The summed E-state index contributed by atoms with van der Waals surface area (Å²) in [7, 11) is 0. The molecule has 5 nitrogen and oxygen atoms in total. The maximum atomic E-state index is 13.3. The molecule has 8 heteroatoms. The highest BCUT2D eigenvalue weighted by Gasteiger charge is 2.41. The fourth-order valence-corrected chi connectivity index (χ4v) is 5.73. The van der Waals surface area contributed by atoms with Crippen molar-refractivity contribution in [1.29, 1.82) is 0 Å². The lowest BCUT2D eigenvalue weighted by molar-refractivity contribution is -0.129. The van der Waals surface area contributed by atoms with Crippen LogP contribution in [0.4, 0.5) is 8.78 Å². The highest BCUT2D eigenvalue weighted by molar-refractivity contribution is 7.15.